The Kier molecular flexibility index (Phi) is 2.21. The normalized spacial score (nSPS) is 11.4. The van der Waals surface area contributed by atoms with Crippen LogP contribution in [0.4, 0.5) is 0 Å². The fraction of sp³-hybridized carbons (Fsp3) is 0.400. The third-order valence-corrected chi connectivity index (χ3v) is 2.28. The van der Waals surface area contributed by atoms with Gasteiger partial charge in [0.15, 0.2) is 0 Å². The topological polar surface area (TPSA) is 56.7 Å². The summed E-state index contributed by atoms with van der Waals surface area (Å²) < 4.78 is 2.10. The van der Waals surface area contributed by atoms with E-state index in [1.807, 2.05) is 18.6 Å². The summed E-state index contributed by atoms with van der Waals surface area (Å²) >= 11 is 0. The van der Waals surface area contributed by atoms with Crippen LogP contribution in [0.5, 0.6) is 0 Å². The number of aromatic nitrogens is 3. The fourth-order valence-corrected chi connectivity index (χ4v) is 1.49. The predicted octanol–water partition coefficient (Wildman–Crippen LogP) is 1.47. The Bertz CT molecular complexity index is 444. The standard InChI is InChI=1S/C10H14N4/c1-7(2)14-6-13-9-3-8(4-11)12-5-10(9)14/h3,5-7H,4,11H2,1-2H3. The summed E-state index contributed by atoms with van der Waals surface area (Å²) in [6.07, 6.45) is 3.68. The van der Waals surface area contributed by atoms with Gasteiger partial charge in [0.2, 0.25) is 0 Å². The van der Waals surface area contributed by atoms with Gasteiger partial charge in [0.25, 0.3) is 0 Å². The second-order valence-corrected chi connectivity index (χ2v) is 3.61. The van der Waals surface area contributed by atoms with E-state index in [0.717, 1.165) is 16.7 Å². The zero-order valence-electron chi connectivity index (χ0n) is 8.44. The van der Waals surface area contributed by atoms with Crippen molar-refractivity contribution in [2.75, 3.05) is 0 Å². The van der Waals surface area contributed by atoms with E-state index in [1.165, 1.54) is 0 Å². The molecule has 0 unspecified atom stereocenters. The fourth-order valence-electron chi connectivity index (χ4n) is 1.49. The van der Waals surface area contributed by atoms with Gasteiger partial charge < -0.3 is 10.3 Å². The summed E-state index contributed by atoms with van der Waals surface area (Å²) in [5, 5.41) is 0. The molecule has 0 aliphatic heterocycles. The highest BCUT2D eigenvalue weighted by molar-refractivity contribution is 5.74. The van der Waals surface area contributed by atoms with E-state index in [9.17, 15) is 0 Å². The van der Waals surface area contributed by atoms with Gasteiger partial charge in [0.1, 0.15) is 0 Å². The summed E-state index contributed by atoms with van der Waals surface area (Å²) in [6.45, 7) is 4.71. The van der Waals surface area contributed by atoms with Gasteiger partial charge in [0, 0.05) is 12.6 Å². The molecule has 2 N–H and O–H groups in total. The van der Waals surface area contributed by atoms with Crippen molar-refractivity contribution in [2.24, 2.45) is 5.73 Å². The smallest absolute Gasteiger partial charge is 0.0961 e. The minimum atomic E-state index is 0.408. The Morgan fingerprint density at radius 3 is 2.86 bits per heavy atom. The van der Waals surface area contributed by atoms with Gasteiger partial charge in [-0.1, -0.05) is 0 Å². The molecule has 0 atom stereocenters. The number of imidazole rings is 1. The van der Waals surface area contributed by atoms with Crippen molar-refractivity contribution < 1.29 is 0 Å². The monoisotopic (exact) mass is 190 g/mol. The molecule has 2 aromatic rings. The molecule has 0 aliphatic carbocycles. The van der Waals surface area contributed by atoms with Crippen molar-refractivity contribution in [3.8, 4) is 0 Å². The highest BCUT2D eigenvalue weighted by atomic mass is 15.1. The summed E-state index contributed by atoms with van der Waals surface area (Å²) in [6, 6.07) is 2.35. The number of hydrogen-bond acceptors (Lipinski definition) is 3. The zero-order valence-corrected chi connectivity index (χ0v) is 8.44. The van der Waals surface area contributed by atoms with E-state index in [0.29, 0.717) is 12.6 Å². The lowest BCUT2D eigenvalue weighted by atomic mass is 10.3. The van der Waals surface area contributed by atoms with Crippen LogP contribution in [0.1, 0.15) is 25.6 Å². The van der Waals surface area contributed by atoms with Crippen LogP contribution in [-0.4, -0.2) is 14.5 Å². The summed E-state index contributed by atoms with van der Waals surface area (Å²) in [5.41, 5.74) is 8.43. The van der Waals surface area contributed by atoms with Crippen LogP contribution in [0.15, 0.2) is 18.6 Å². The van der Waals surface area contributed by atoms with E-state index in [-0.39, 0.29) is 0 Å². The molecule has 0 amide bonds. The molecule has 0 fully saturated rings. The number of hydrogen-bond donors (Lipinski definition) is 1. The quantitative estimate of drug-likeness (QED) is 0.780. The molecule has 2 rings (SSSR count). The van der Waals surface area contributed by atoms with Crippen molar-refractivity contribution >= 4 is 11.0 Å². The van der Waals surface area contributed by atoms with Gasteiger partial charge in [-0.2, -0.15) is 0 Å². The van der Waals surface area contributed by atoms with E-state index in [4.69, 9.17) is 5.73 Å². The summed E-state index contributed by atoms with van der Waals surface area (Å²) in [4.78, 5) is 8.57. The molecule has 0 radical (unpaired) electrons. The van der Waals surface area contributed by atoms with Crippen LogP contribution in [0, 0.1) is 0 Å². The highest BCUT2D eigenvalue weighted by Crippen LogP contribution is 2.16. The molecule has 14 heavy (non-hydrogen) atoms. The van der Waals surface area contributed by atoms with Crippen molar-refractivity contribution in [2.45, 2.75) is 26.4 Å². The van der Waals surface area contributed by atoms with E-state index >= 15 is 0 Å². The molecule has 0 bridgehead atoms. The first-order chi connectivity index (χ1) is 6.72. The number of rotatable bonds is 2. The number of pyridine rings is 1. The maximum absolute atomic E-state index is 5.51. The molecule has 4 nitrogen and oxygen atoms in total. The molecule has 4 heteroatoms. The Hall–Kier alpha value is -1.42. The van der Waals surface area contributed by atoms with Crippen LogP contribution in [0.25, 0.3) is 11.0 Å². The average Bonchev–Trinajstić information content (AvgIpc) is 2.59. The number of nitrogens with two attached hydrogens (primary N) is 1. The number of nitrogens with zero attached hydrogens (tertiary/aromatic N) is 3. The Morgan fingerprint density at radius 1 is 1.43 bits per heavy atom. The molecule has 0 aromatic carbocycles. The van der Waals surface area contributed by atoms with Crippen molar-refractivity contribution in [1.29, 1.82) is 0 Å². The Labute approximate surface area is 82.8 Å². The third-order valence-electron chi connectivity index (χ3n) is 2.28. The van der Waals surface area contributed by atoms with E-state index < -0.39 is 0 Å². The predicted molar refractivity (Wildman–Crippen MR) is 55.8 cm³/mol. The van der Waals surface area contributed by atoms with Gasteiger partial charge in [-0.25, -0.2) is 4.98 Å². The van der Waals surface area contributed by atoms with Crippen molar-refractivity contribution in [1.82, 2.24) is 14.5 Å². The molecule has 74 valence electrons. The van der Waals surface area contributed by atoms with Crippen LogP contribution >= 0.6 is 0 Å². The van der Waals surface area contributed by atoms with Gasteiger partial charge in [-0.3, -0.25) is 4.98 Å². The van der Waals surface area contributed by atoms with Crippen LogP contribution in [-0.2, 0) is 6.54 Å². The molecule has 2 heterocycles. The SMILES string of the molecule is CC(C)n1cnc2cc(CN)ncc21. The summed E-state index contributed by atoms with van der Waals surface area (Å²) in [5.74, 6) is 0. The first-order valence-electron chi connectivity index (χ1n) is 4.74. The minimum absolute atomic E-state index is 0.408. The molecule has 0 saturated carbocycles. The molecular weight excluding hydrogens is 176 g/mol. The number of fused-ring (bicyclic) bond motifs is 1. The molecule has 0 saturated heterocycles. The Balaban J connectivity index is 2.59. The lowest BCUT2D eigenvalue weighted by molar-refractivity contribution is 0.617. The first kappa shape index (κ1) is 9.15. The van der Waals surface area contributed by atoms with Crippen LogP contribution in [0.2, 0.25) is 0 Å². The third kappa shape index (κ3) is 1.37. The van der Waals surface area contributed by atoms with Gasteiger partial charge in [0.05, 0.1) is 29.3 Å². The Morgan fingerprint density at radius 2 is 2.21 bits per heavy atom. The van der Waals surface area contributed by atoms with Gasteiger partial charge in [-0.15, -0.1) is 0 Å². The summed E-state index contributed by atoms with van der Waals surface area (Å²) in [7, 11) is 0. The second-order valence-electron chi connectivity index (χ2n) is 3.61. The van der Waals surface area contributed by atoms with Crippen molar-refractivity contribution in [3.05, 3.63) is 24.3 Å². The maximum Gasteiger partial charge on any atom is 0.0961 e. The zero-order chi connectivity index (χ0) is 10.1. The maximum atomic E-state index is 5.51. The minimum Gasteiger partial charge on any atom is -0.327 e. The molecule has 0 aliphatic rings. The average molecular weight is 190 g/mol. The van der Waals surface area contributed by atoms with Crippen LogP contribution < -0.4 is 5.73 Å². The van der Waals surface area contributed by atoms with Crippen LogP contribution in [0.3, 0.4) is 0 Å². The van der Waals surface area contributed by atoms with Crippen molar-refractivity contribution in [3.63, 3.8) is 0 Å². The van der Waals surface area contributed by atoms with Gasteiger partial charge >= 0.3 is 0 Å². The molecular formula is C10H14N4. The highest BCUT2D eigenvalue weighted by Gasteiger charge is 2.05. The van der Waals surface area contributed by atoms with E-state index in [2.05, 4.69) is 28.4 Å². The largest absolute Gasteiger partial charge is 0.327 e. The first-order valence-corrected chi connectivity index (χ1v) is 4.74. The lowest BCUT2D eigenvalue weighted by Crippen LogP contribution is -2.01. The molecule has 0 spiro atoms. The lowest BCUT2D eigenvalue weighted by Gasteiger charge is -2.07. The second kappa shape index (κ2) is 3.38. The van der Waals surface area contributed by atoms with E-state index in [1.54, 1.807) is 0 Å². The van der Waals surface area contributed by atoms with Gasteiger partial charge in [-0.05, 0) is 19.9 Å². The molecule has 2 aromatic heterocycles.